The Labute approximate surface area is 113 Å². The molecule has 0 bridgehead atoms. The van der Waals surface area contributed by atoms with Gasteiger partial charge in [0.15, 0.2) is 0 Å². The maximum atomic E-state index is 11.9. The molecule has 4 N–H and O–H groups in total. The van der Waals surface area contributed by atoms with E-state index in [1.165, 1.54) is 0 Å². The molecule has 0 aliphatic heterocycles. The summed E-state index contributed by atoms with van der Waals surface area (Å²) in [5, 5.41) is 5.42. The van der Waals surface area contributed by atoms with Crippen molar-refractivity contribution in [1.82, 2.24) is 5.32 Å². The van der Waals surface area contributed by atoms with Gasteiger partial charge in [-0.3, -0.25) is 9.59 Å². The normalized spacial score (nSPS) is 11.7. The van der Waals surface area contributed by atoms with Gasteiger partial charge in [-0.15, -0.1) is 0 Å². The monoisotopic (exact) mass is 263 g/mol. The van der Waals surface area contributed by atoms with Gasteiger partial charge >= 0.3 is 0 Å². The van der Waals surface area contributed by atoms with Crippen LogP contribution in [-0.4, -0.2) is 24.4 Å². The van der Waals surface area contributed by atoms with E-state index in [4.69, 9.17) is 5.73 Å². The van der Waals surface area contributed by atoms with E-state index in [2.05, 4.69) is 10.6 Å². The number of hydrogen-bond acceptors (Lipinski definition) is 3. The third kappa shape index (κ3) is 4.37. The fraction of sp³-hybridized carbons (Fsp3) is 0.429. The molecule has 5 nitrogen and oxygen atoms in total. The van der Waals surface area contributed by atoms with Crippen molar-refractivity contribution < 1.29 is 9.59 Å². The Bertz CT molecular complexity index is 446. The molecule has 1 unspecified atom stereocenters. The Morgan fingerprint density at radius 1 is 1.26 bits per heavy atom. The first kappa shape index (κ1) is 15.2. The van der Waals surface area contributed by atoms with Crippen LogP contribution in [0.25, 0.3) is 0 Å². The molecule has 5 heteroatoms. The molecule has 0 aromatic heterocycles. The molecule has 1 aromatic rings. The first-order chi connectivity index (χ1) is 9.10. The number of nitrogens with two attached hydrogens (primary N) is 1. The Balaban J connectivity index is 2.83. The summed E-state index contributed by atoms with van der Waals surface area (Å²) in [7, 11) is 0. The van der Waals surface area contributed by atoms with Crippen LogP contribution in [0.4, 0.5) is 5.69 Å². The molecule has 2 amide bonds. The summed E-state index contributed by atoms with van der Waals surface area (Å²) in [5.74, 6) is -0.471. The number of carbonyl (C=O) groups excluding carboxylic acids is 2. The van der Waals surface area contributed by atoms with Crippen molar-refractivity contribution in [3.8, 4) is 0 Å². The van der Waals surface area contributed by atoms with Crippen molar-refractivity contribution >= 4 is 17.5 Å². The lowest BCUT2D eigenvalue weighted by atomic mass is 10.1. The zero-order valence-corrected chi connectivity index (χ0v) is 11.4. The van der Waals surface area contributed by atoms with Gasteiger partial charge in [0, 0.05) is 6.54 Å². The summed E-state index contributed by atoms with van der Waals surface area (Å²) < 4.78 is 0. The first-order valence-electron chi connectivity index (χ1n) is 6.53. The minimum atomic E-state index is -0.549. The molecule has 0 radical (unpaired) electrons. The molecule has 0 saturated carbocycles. The molecule has 104 valence electrons. The first-order valence-corrected chi connectivity index (χ1v) is 6.53. The zero-order valence-electron chi connectivity index (χ0n) is 11.4. The van der Waals surface area contributed by atoms with Crippen LogP contribution in [0.5, 0.6) is 0 Å². The van der Waals surface area contributed by atoms with E-state index in [1.807, 2.05) is 13.8 Å². The molecule has 0 heterocycles. The SMILES string of the molecule is CCCC(N)C(=O)Nc1ccccc1C(=O)NCC. The lowest BCUT2D eigenvalue weighted by Crippen LogP contribution is -2.36. The minimum Gasteiger partial charge on any atom is -0.352 e. The van der Waals surface area contributed by atoms with Crippen LogP contribution in [0.15, 0.2) is 24.3 Å². The van der Waals surface area contributed by atoms with Crippen LogP contribution in [-0.2, 0) is 4.79 Å². The van der Waals surface area contributed by atoms with Crippen molar-refractivity contribution in [2.24, 2.45) is 5.73 Å². The summed E-state index contributed by atoms with van der Waals surface area (Å²) in [4.78, 5) is 23.7. The number of benzene rings is 1. The van der Waals surface area contributed by atoms with E-state index in [9.17, 15) is 9.59 Å². The second kappa shape index (κ2) is 7.53. The number of amides is 2. The highest BCUT2D eigenvalue weighted by Gasteiger charge is 2.16. The van der Waals surface area contributed by atoms with Crippen LogP contribution in [0.3, 0.4) is 0 Å². The minimum absolute atomic E-state index is 0.206. The Morgan fingerprint density at radius 3 is 2.58 bits per heavy atom. The van der Waals surface area contributed by atoms with E-state index in [-0.39, 0.29) is 11.8 Å². The molecule has 0 aliphatic rings. The third-order valence-corrected chi connectivity index (χ3v) is 2.70. The van der Waals surface area contributed by atoms with E-state index in [0.29, 0.717) is 24.2 Å². The summed E-state index contributed by atoms with van der Waals surface area (Å²) in [6, 6.07) is 6.34. The van der Waals surface area contributed by atoms with Crippen LogP contribution in [0, 0.1) is 0 Å². The molecule has 19 heavy (non-hydrogen) atoms. The van der Waals surface area contributed by atoms with Crippen LogP contribution >= 0.6 is 0 Å². The van der Waals surface area contributed by atoms with Gasteiger partial charge in [0.1, 0.15) is 0 Å². The maximum absolute atomic E-state index is 11.9. The van der Waals surface area contributed by atoms with Gasteiger partial charge in [0.2, 0.25) is 5.91 Å². The van der Waals surface area contributed by atoms with E-state index in [1.54, 1.807) is 24.3 Å². The summed E-state index contributed by atoms with van der Waals surface area (Å²) >= 11 is 0. The summed E-state index contributed by atoms with van der Waals surface area (Å²) in [6.45, 7) is 4.35. The molecule has 1 atom stereocenters. The molecular formula is C14H21N3O2. The van der Waals surface area contributed by atoms with E-state index >= 15 is 0 Å². The van der Waals surface area contributed by atoms with Gasteiger partial charge in [-0.05, 0) is 25.5 Å². The van der Waals surface area contributed by atoms with Gasteiger partial charge in [-0.1, -0.05) is 25.5 Å². The van der Waals surface area contributed by atoms with Gasteiger partial charge in [-0.2, -0.15) is 0 Å². The smallest absolute Gasteiger partial charge is 0.253 e. The fourth-order valence-corrected chi connectivity index (χ4v) is 1.71. The van der Waals surface area contributed by atoms with Crippen LogP contribution < -0.4 is 16.4 Å². The molecule has 1 rings (SSSR count). The van der Waals surface area contributed by atoms with E-state index in [0.717, 1.165) is 6.42 Å². The second-order valence-electron chi connectivity index (χ2n) is 4.29. The maximum Gasteiger partial charge on any atom is 0.253 e. The predicted molar refractivity (Wildman–Crippen MR) is 76.0 cm³/mol. The third-order valence-electron chi connectivity index (χ3n) is 2.70. The molecule has 0 aliphatic carbocycles. The average Bonchev–Trinajstić information content (AvgIpc) is 2.39. The molecule has 0 spiro atoms. The van der Waals surface area contributed by atoms with Crippen molar-refractivity contribution in [3.05, 3.63) is 29.8 Å². The second-order valence-corrected chi connectivity index (χ2v) is 4.29. The topological polar surface area (TPSA) is 84.2 Å². The van der Waals surface area contributed by atoms with Gasteiger partial charge < -0.3 is 16.4 Å². The highest BCUT2D eigenvalue weighted by molar-refractivity contribution is 6.04. The van der Waals surface area contributed by atoms with Crippen molar-refractivity contribution in [1.29, 1.82) is 0 Å². The average molecular weight is 263 g/mol. The van der Waals surface area contributed by atoms with Gasteiger partial charge in [-0.25, -0.2) is 0 Å². The summed E-state index contributed by atoms with van der Waals surface area (Å²) in [5.41, 5.74) is 6.68. The number of hydrogen-bond donors (Lipinski definition) is 3. The van der Waals surface area contributed by atoms with Crippen molar-refractivity contribution in [3.63, 3.8) is 0 Å². The quantitative estimate of drug-likeness (QED) is 0.727. The number of anilines is 1. The van der Waals surface area contributed by atoms with Gasteiger partial charge in [0.05, 0.1) is 17.3 Å². The summed E-state index contributed by atoms with van der Waals surface area (Å²) in [6.07, 6.45) is 1.46. The number of para-hydroxylation sites is 1. The van der Waals surface area contributed by atoms with Crippen LogP contribution in [0.2, 0.25) is 0 Å². The molecule has 0 saturated heterocycles. The number of rotatable bonds is 6. The molecule has 1 aromatic carbocycles. The highest BCUT2D eigenvalue weighted by Crippen LogP contribution is 2.15. The Morgan fingerprint density at radius 2 is 1.95 bits per heavy atom. The van der Waals surface area contributed by atoms with Gasteiger partial charge in [0.25, 0.3) is 5.91 Å². The molecular weight excluding hydrogens is 242 g/mol. The highest BCUT2D eigenvalue weighted by atomic mass is 16.2. The molecule has 0 fully saturated rings. The Hall–Kier alpha value is -1.88. The zero-order chi connectivity index (χ0) is 14.3. The standard InChI is InChI=1S/C14H21N3O2/c1-3-7-11(15)14(19)17-12-9-6-5-8-10(12)13(18)16-4-2/h5-6,8-9,11H,3-4,7,15H2,1-2H3,(H,16,18)(H,17,19). The van der Waals surface area contributed by atoms with Crippen LogP contribution in [0.1, 0.15) is 37.0 Å². The number of carbonyl (C=O) groups is 2. The lowest BCUT2D eigenvalue weighted by Gasteiger charge is -2.14. The Kier molecular flexibility index (Phi) is 6.02. The van der Waals surface area contributed by atoms with Crippen molar-refractivity contribution in [2.45, 2.75) is 32.7 Å². The van der Waals surface area contributed by atoms with Crippen molar-refractivity contribution in [2.75, 3.05) is 11.9 Å². The lowest BCUT2D eigenvalue weighted by molar-refractivity contribution is -0.117. The number of nitrogens with one attached hydrogen (secondary N) is 2. The predicted octanol–water partition coefficient (Wildman–Crippen LogP) is 1.50. The fourth-order valence-electron chi connectivity index (χ4n) is 1.71. The largest absolute Gasteiger partial charge is 0.352 e. The van der Waals surface area contributed by atoms with E-state index < -0.39 is 6.04 Å².